The molecule has 0 fully saturated rings. The quantitative estimate of drug-likeness (QED) is 0.215. The van der Waals surface area contributed by atoms with E-state index in [0.717, 1.165) is 25.7 Å². The minimum Gasteiger partial charge on any atom is -0.345 e. The highest BCUT2D eigenvalue weighted by Crippen LogP contribution is 2.17. The molecule has 0 aliphatic rings. The molecule has 0 aromatic carbocycles. The maximum Gasteiger partial charge on any atom is 0.221 e. The molecule has 0 N–H and O–H groups in total. The zero-order valence-corrected chi connectivity index (χ0v) is 18.3. The summed E-state index contributed by atoms with van der Waals surface area (Å²) in [6.07, 6.45) is 12.1. The fraction of sp³-hybridized carbons (Fsp3) is 0.870. The van der Waals surface area contributed by atoms with Gasteiger partial charge in [-0.2, -0.15) is 0 Å². The van der Waals surface area contributed by atoms with Crippen molar-refractivity contribution in [1.29, 1.82) is 0 Å². The first-order chi connectivity index (χ1) is 12.5. The van der Waals surface area contributed by atoms with Gasteiger partial charge in [0, 0.05) is 0 Å². The molecule has 0 aromatic heterocycles. The molecule has 0 aromatic rings. The van der Waals surface area contributed by atoms with E-state index < -0.39 is 6.29 Å². The van der Waals surface area contributed by atoms with E-state index in [9.17, 15) is 4.79 Å². The predicted molar refractivity (Wildman–Crippen MR) is 111 cm³/mol. The fourth-order valence-electron chi connectivity index (χ4n) is 2.82. The number of unbranched alkanes of at least 4 members (excludes halogenated alkanes) is 2. The van der Waals surface area contributed by atoms with Crippen molar-refractivity contribution >= 4 is 5.78 Å². The van der Waals surface area contributed by atoms with Crippen LogP contribution in [-0.4, -0.2) is 25.3 Å². The lowest BCUT2D eigenvalue weighted by Crippen LogP contribution is -2.30. The predicted octanol–water partition coefficient (Wildman–Crippen LogP) is 6.56. The van der Waals surface area contributed by atoms with Crippen LogP contribution in [0, 0.1) is 17.8 Å². The molecule has 0 aliphatic heterocycles. The van der Waals surface area contributed by atoms with Gasteiger partial charge in [0.2, 0.25) is 12.1 Å². The topological polar surface area (TPSA) is 35.5 Å². The molecule has 0 radical (unpaired) electrons. The van der Waals surface area contributed by atoms with Gasteiger partial charge in [0.05, 0.1) is 13.2 Å². The second-order valence-corrected chi connectivity index (χ2v) is 7.84. The summed E-state index contributed by atoms with van der Waals surface area (Å²) < 4.78 is 11.9. The summed E-state index contributed by atoms with van der Waals surface area (Å²) in [6.45, 7) is 14.1. The van der Waals surface area contributed by atoms with Crippen LogP contribution in [-0.2, 0) is 14.3 Å². The molecule has 0 spiro atoms. The Bertz CT molecular complexity index is 342. The van der Waals surface area contributed by atoms with Crippen molar-refractivity contribution < 1.29 is 14.3 Å². The minimum atomic E-state index is -0.753. The van der Waals surface area contributed by atoms with Crippen LogP contribution in [0.2, 0.25) is 0 Å². The van der Waals surface area contributed by atoms with Gasteiger partial charge in [-0.15, -0.1) is 0 Å². The van der Waals surface area contributed by atoms with Gasteiger partial charge in [-0.3, -0.25) is 4.79 Å². The number of rotatable bonds is 17. The van der Waals surface area contributed by atoms with E-state index in [0.29, 0.717) is 31.0 Å². The average molecular weight is 369 g/mol. The molecule has 3 heteroatoms. The summed E-state index contributed by atoms with van der Waals surface area (Å²) >= 11 is 0. The van der Waals surface area contributed by atoms with E-state index in [1.54, 1.807) is 6.08 Å². The Balaban J connectivity index is 4.74. The van der Waals surface area contributed by atoms with Crippen molar-refractivity contribution in [2.45, 2.75) is 99.2 Å². The van der Waals surface area contributed by atoms with Crippen LogP contribution >= 0.6 is 0 Å². The number of ether oxygens (including phenoxy) is 2. The smallest absolute Gasteiger partial charge is 0.221 e. The summed E-state index contributed by atoms with van der Waals surface area (Å²) in [5, 5.41) is 0. The monoisotopic (exact) mass is 368 g/mol. The second kappa shape index (κ2) is 16.5. The van der Waals surface area contributed by atoms with Gasteiger partial charge in [0.25, 0.3) is 0 Å². The zero-order chi connectivity index (χ0) is 19.8. The maximum atomic E-state index is 12.5. The molecule has 0 heterocycles. The number of ketones is 1. The molecular weight excluding hydrogens is 324 g/mol. The third-order valence-corrected chi connectivity index (χ3v) is 4.93. The SMILES string of the molecule is CCCC[C@@H](CC)COC(OC[C@@H](CC)CCCC)C(=O)/C=C/C(C)C. The first-order valence-corrected chi connectivity index (χ1v) is 10.9. The lowest BCUT2D eigenvalue weighted by molar-refractivity contribution is -0.173. The largest absolute Gasteiger partial charge is 0.345 e. The molecule has 3 atom stereocenters. The van der Waals surface area contributed by atoms with E-state index in [1.807, 2.05) is 6.08 Å². The van der Waals surface area contributed by atoms with Crippen molar-refractivity contribution in [2.24, 2.45) is 17.8 Å². The number of carbonyl (C=O) groups excluding carboxylic acids is 1. The Morgan fingerprint density at radius 1 is 0.846 bits per heavy atom. The third kappa shape index (κ3) is 12.6. The van der Waals surface area contributed by atoms with E-state index >= 15 is 0 Å². The van der Waals surface area contributed by atoms with Crippen LogP contribution in [0.5, 0.6) is 0 Å². The molecule has 0 saturated heterocycles. The highest BCUT2D eigenvalue weighted by Gasteiger charge is 2.21. The van der Waals surface area contributed by atoms with E-state index in [4.69, 9.17) is 9.47 Å². The number of carbonyl (C=O) groups is 1. The molecular formula is C23H44O3. The van der Waals surface area contributed by atoms with Crippen molar-refractivity contribution in [3.63, 3.8) is 0 Å². The lowest BCUT2D eigenvalue weighted by Gasteiger charge is -2.23. The summed E-state index contributed by atoms with van der Waals surface area (Å²) in [6, 6.07) is 0. The summed E-state index contributed by atoms with van der Waals surface area (Å²) in [5.74, 6) is 1.30. The lowest BCUT2D eigenvalue weighted by atomic mass is 10.0. The van der Waals surface area contributed by atoms with Crippen LogP contribution in [0.3, 0.4) is 0 Å². The highest BCUT2D eigenvalue weighted by atomic mass is 16.7. The molecule has 0 amide bonds. The Kier molecular flexibility index (Phi) is 16.1. The van der Waals surface area contributed by atoms with Gasteiger partial charge in [0.15, 0.2) is 0 Å². The van der Waals surface area contributed by atoms with E-state index in [1.165, 1.54) is 25.7 Å². The van der Waals surface area contributed by atoms with E-state index in [-0.39, 0.29) is 5.78 Å². The van der Waals surface area contributed by atoms with Gasteiger partial charge in [-0.05, 0) is 36.7 Å². The molecule has 1 unspecified atom stereocenters. The Labute approximate surface area is 162 Å². The third-order valence-electron chi connectivity index (χ3n) is 4.93. The van der Waals surface area contributed by atoms with Crippen molar-refractivity contribution in [3.05, 3.63) is 12.2 Å². The summed E-state index contributed by atoms with van der Waals surface area (Å²) in [4.78, 5) is 12.5. The average Bonchev–Trinajstić information content (AvgIpc) is 2.64. The summed E-state index contributed by atoms with van der Waals surface area (Å²) in [7, 11) is 0. The van der Waals surface area contributed by atoms with Crippen molar-refractivity contribution in [1.82, 2.24) is 0 Å². The Morgan fingerprint density at radius 3 is 1.65 bits per heavy atom. The number of hydrogen-bond donors (Lipinski definition) is 0. The van der Waals surface area contributed by atoms with Crippen molar-refractivity contribution in [2.75, 3.05) is 13.2 Å². The van der Waals surface area contributed by atoms with Gasteiger partial charge in [0.1, 0.15) is 0 Å². The van der Waals surface area contributed by atoms with Crippen LogP contribution in [0.15, 0.2) is 12.2 Å². The fourth-order valence-corrected chi connectivity index (χ4v) is 2.82. The van der Waals surface area contributed by atoms with Gasteiger partial charge < -0.3 is 9.47 Å². The Morgan fingerprint density at radius 2 is 1.31 bits per heavy atom. The summed E-state index contributed by atoms with van der Waals surface area (Å²) in [5.41, 5.74) is 0. The van der Waals surface area contributed by atoms with Crippen LogP contribution in [0.1, 0.15) is 92.9 Å². The van der Waals surface area contributed by atoms with E-state index in [2.05, 4.69) is 41.5 Å². The van der Waals surface area contributed by atoms with Gasteiger partial charge >= 0.3 is 0 Å². The maximum absolute atomic E-state index is 12.5. The van der Waals surface area contributed by atoms with Crippen molar-refractivity contribution in [3.8, 4) is 0 Å². The normalized spacial score (nSPS) is 15.5. The second-order valence-electron chi connectivity index (χ2n) is 7.84. The first kappa shape index (κ1) is 25.3. The molecule has 154 valence electrons. The van der Waals surface area contributed by atoms with Gasteiger partial charge in [-0.1, -0.05) is 86.1 Å². The molecule has 3 nitrogen and oxygen atoms in total. The van der Waals surface area contributed by atoms with Crippen LogP contribution in [0.25, 0.3) is 0 Å². The first-order valence-electron chi connectivity index (χ1n) is 10.9. The number of hydrogen-bond acceptors (Lipinski definition) is 3. The van der Waals surface area contributed by atoms with Crippen LogP contribution < -0.4 is 0 Å². The molecule has 0 rings (SSSR count). The molecule has 26 heavy (non-hydrogen) atoms. The Hall–Kier alpha value is -0.670. The standard InChI is InChI=1S/C23H44O3/c1-7-11-13-20(9-3)17-25-23(22(24)16-15-19(5)6)26-18-21(10-4)14-12-8-2/h15-16,19-21,23H,7-14,17-18H2,1-6H3/b16-15+/t20-,21+,23?. The van der Waals surface area contributed by atoms with Crippen LogP contribution in [0.4, 0.5) is 0 Å². The molecule has 0 bridgehead atoms. The van der Waals surface area contributed by atoms with Gasteiger partial charge in [-0.25, -0.2) is 0 Å². The highest BCUT2D eigenvalue weighted by molar-refractivity contribution is 5.92. The number of allylic oxidation sites excluding steroid dienone is 1. The zero-order valence-electron chi connectivity index (χ0n) is 18.3. The minimum absolute atomic E-state index is 0.0608. The molecule has 0 aliphatic carbocycles. The molecule has 0 saturated carbocycles.